The van der Waals surface area contributed by atoms with Crippen molar-refractivity contribution in [3.63, 3.8) is 0 Å². The van der Waals surface area contributed by atoms with Crippen molar-refractivity contribution in [2.45, 2.75) is 11.8 Å². The maximum absolute atomic E-state index is 15.3. The van der Waals surface area contributed by atoms with Gasteiger partial charge in [0.15, 0.2) is 0 Å². The molecular formula is C31H24F2N4O3S. The van der Waals surface area contributed by atoms with Gasteiger partial charge in [0.1, 0.15) is 29.8 Å². The normalized spacial score (nSPS) is 14.9. The first kappa shape index (κ1) is 26.5. The summed E-state index contributed by atoms with van der Waals surface area (Å²) in [6.07, 6.45) is 1.52. The fourth-order valence-corrected chi connectivity index (χ4v) is 6.06. The average Bonchev–Trinajstić information content (AvgIpc) is 3.62. The monoisotopic (exact) mass is 570 g/mol. The molecule has 0 saturated heterocycles. The molecule has 5 aromatic rings. The standard InChI is InChI=1S/C31H24F2N4O3S/c32-21-13-14-24(25(33)16-21)30-28-29(20-8-3-1-4-9-20)35-37(22-10-5-2-6-11-22)31(28)36(27(39)19-41-30)18-26(38)34-17-23-12-7-15-40-23/h1-16,30H,17-19H2,(H,34,38)/t30-/m0/s1. The Hall–Kier alpha value is -4.70. The summed E-state index contributed by atoms with van der Waals surface area (Å²) in [6.45, 7) is -0.134. The van der Waals surface area contributed by atoms with Gasteiger partial charge in [0, 0.05) is 22.8 Å². The Labute approximate surface area is 238 Å². The van der Waals surface area contributed by atoms with Gasteiger partial charge in [-0.25, -0.2) is 13.5 Å². The molecule has 0 aliphatic carbocycles. The van der Waals surface area contributed by atoms with Crippen LogP contribution in [0.25, 0.3) is 16.9 Å². The fourth-order valence-electron chi connectivity index (χ4n) is 4.84. The molecule has 41 heavy (non-hydrogen) atoms. The van der Waals surface area contributed by atoms with E-state index in [1.165, 1.54) is 35.1 Å². The number of nitrogens with zero attached hydrogens (tertiary/aromatic N) is 3. The molecule has 1 atom stereocenters. The summed E-state index contributed by atoms with van der Waals surface area (Å²) in [5.41, 5.74) is 2.72. The van der Waals surface area contributed by atoms with Gasteiger partial charge in [0.05, 0.1) is 35.2 Å². The molecule has 206 valence electrons. The molecule has 0 saturated carbocycles. The molecule has 0 spiro atoms. The van der Waals surface area contributed by atoms with Crippen molar-refractivity contribution in [3.05, 3.63) is 126 Å². The topological polar surface area (TPSA) is 80.4 Å². The van der Waals surface area contributed by atoms with E-state index in [9.17, 15) is 14.0 Å². The number of halogens is 2. The Morgan fingerprint density at radius 1 is 1.00 bits per heavy atom. The highest BCUT2D eigenvalue weighted by Gasteiger charge is 2.38. The Bertz CT molecular complexity index is 1690. The van der Waals surface area contributed by atoms with Crippen LogP contribution >= 0.6 is 11.8 Å². The predicted molar refractivity (Wildman–Crippen MR) is 153 cm³/mol. The first-order valence-electron chi connectivity index (χ1n) is 12.9. The van der Waals surface area contributed by atoms with Crippen LogP contribution in [0.15, 0.2) is 102 Å². The maximum atomic E-state index is 15.3. The number of thioether (sulfide) groups is 1. The molecule has 3 aromatic carbocycles. The first-order valence-corrected chi connectivity index (χ1v) is 13.9. The number of carbonyl (C=O) groups excluding carboxylic acids is 2. The van der Waals surface area contributed by atoms with Gasteiger partial charge < -0.3 is 9.73 Å². The number of hydrogen-bond donors (Lipinski definition) is 1. The SMILES string of the molecule is O=C(CN1C(=O)CS[C@@H](c2ccc(F)cc2F)c2c(-c3ccccc3)nn(-c3ccccc3)c21)NCc1ccco1. The van der Waals surface area contributed by atoms with Gasteiger partial charge in [-0.2, -0.15) is 5.10 Å². The van der Waals surface area contributed by atoms with E-state index in [1.807, 2.05) is 60.7 Å². The van der Waals surface area contributed by atoms with E-state index in [0.29, 0.717) is 28.5 Å². The molecule has 7 nitrogen and oxygen atoms in total. The molecule has 10 heteroatoms. The van der Waals surface area contributed by atoms with Crippen molar-refractivity contribution in [2.24, 2.45) is 0 Å². The third kappa shape index (κ3) is 5.38. The van der Waals surface area contributed by atoms with Gasteiger partial charge >= 0.3 is 0 Å². The summed E-state index contributed by atoms with van der Waals surface area (Å²) in [5, 5.41) is 7.03. The minimum Gasteiger partial charge on any atom is -0.467 e. The van der Waals surface area contributed by atoms with Crippen molar-refractivity contribution in [1.29, 1.82) is 0 Å². The summed E-state index contributed by atoms with van der Waals surface area (Å²) in [7, 11) is 0. The van der Waals surface area contributed by atoms with Crippen molar-refractivity contribution in [1.82, 2.24) is 15.1 Å². The number of aromatic nitrogens is 2. The smallest absolute Gasteiger partial charge is 0.240 e. The number of benzene rings is 3. The highest BCUT2D eigenvalue weighted by Crippen LogP contribution is 2.49. The van der Waals surface area contributed by atoms with Gasteiger partial charge in [-0.15, -0.1) is 11.8 Å². The zero-order valence-corrected chi connectivity index (χ0v) is 22.5. The molecule has 6 rings (SSSR count). The molecule has 1 N–H and O–H groups in total. The summed E-state index contributed by atoms with van der Waals surface area (Å²) in [4.78, 5) is 28.3. The first-order chi connectivity index (χ1) is 20.0. The second-order valence-corrected chi connectivity index (χ2v) is 10.5. The Kier molecular flexibility index (Phi) is 7.39. The maximum Gasteiger partial charge on any atom is 0.240 e. The van der Waals surface area contributed by atoms with Crippen LogP contribution < -0.4 is 10.2 Å². The third-order valence-electron chi connectivity index (χ3n) is 6.72. The largest absolute Gasteiger partial charge is 0.467 e. The summed E-state index contributed by atoms with van der Waals surface area (Å²) in [5.74, 6) is -1.28. The van der Waals surface area contributed by atoms with Crippen molar-refractivity contribution >= 4 is 29.4 Å². The number of carbonyl (C=O) groups is 2. The van der Waals surface area contributed by atoms with Gasteiger partial charge in [0.2, 0.25) is 11.8 Å². The molecule has 0 unspecified atom stereocenters. The van der Waals surface area contributed by atoms with Crippen LogP contribution in [0.1, 0.15) is 22.1 Å². The molecule has 1 aliphatic heterocycles. The zero-order valence-electron chi connectivity index (χ0n) is 21.7. The molecule has 2 amide bonds. The molecule has 0 fully saturated rings. The Balaban J connectivity index is 1.54. The lowest BCUT2D eigenvalue weighted by atomic mass is 9.99. The van der Waals surface area contributed by atoms with Crippen molar-refractivity contribution in [3.8, 4) is 16.9 Å². The van der Waals surface area contributed by atoms with Crippen LogP contribution in [-0.4, -0.2) is 33.9 Å². The van der Waals surface area contributed by atoms with Crippen LogP contribution in [0, 0.1) is 11.6 Å². The molecule has 2 aromatic heterocycles. The molecule has 1 aliphatic rings. The lowest BCUT2D eigenvalue weighted by Gasteiger charge is -2.23. The molecular weight excluding hydrogens is 546 g/mol. The van der Waals surface area contributed by atoms with Gasteiger partial charge in [0.25, 0.3) is 0 Å². The van der Waals surface area contributed by atoms with E-state index in [0.717, 1.165) is 11.6 Å². The predicted octanol–water partition coefficient (Wildman–Crippen LogP) is 5.90. The highest BCUT2D eigenvalue weighted by atomic mass is 32.2. The second kappa shape index (κ2) is 11.4. The molecule has 0 radical (unpaired) electrons. The van der Waals surface area contributed by atoms with Crippen molar-refractivity contribution in [2.75, 3.05) is 17.2 Å². The average molecular weight is 571 g/mol. The second-order valence-electron chi connectivity index (χ2n) is 9.39. The van der Waals surface area contributed by atoms with E-state index in [1.54, 1.807) is 16.8 Å². The number of para-hydroxylation sites is 1. The van der Waals surface area contributed by atoms with Crippen LogP contribution in [0.5, 0.6) is 0 Å². The number of anilines is 1. The van der Waals surface area contributed by atoms with E-state index in [4.69, 9.17) is 9.52 Å². The van der Waals surface area contributed by atoms with E-state index in [-0.39, 0.29) is 30.3 Å². The highest BCUT2D eigenvalue weighted by molar-refractivity contribution is 8.00. The minimum atomic E-state index is -0.725. The Morgan fingerprint density at radius 2 is 1.76 bits per heavy atom. The summed E-state index contributed by atoms with van der Waals surface area (Å²) >= 11 is 1.21. The van der Waals surface area contributed by atoms with Crippen LogP contribution in [0.4, 0.5) is 14.6 Å². The van der Waals surface area contributed by atoms with E-state index in [2.05, 4.69) is 5.32 Å². The quantitative estimate of drug-likeness (QED) is 0.264. The Morgan fingerprint density at radius 3 is 2.46 bits per heavy atom. The van der Waals surface area contributed by atoms with E-state index < -0.39 is 22.8 Å². The van der Waals surface area contributed by atoms with Crippen molar-refractivity contribution < 1.29 is 22.8 Å². The number of fused-ring (bicyclic) bond motifs is 1. The van der Waals surface area contributed by atoms with Crippen LogP contribution in [0.3, 0.4) is 0 Å². The number of amides is 2. The fraction of sp³-hybridized carbons (Fsp3) is 0.129. The lowest BCUT2D eigenvalue weighted by molar-refractivity contribution is -0.123. The molecule has 3 heterocycles. The minimum absolute atomic E-state index is 0.0371. The van der Waals surface area contributed by atoms with Crippen LogP contribution in [0.2, 0.25) is 0 Å². The number of nitrogens with one attached hydrogen (secondary N) is 1. The number of furan rings is 1. The zero-order chi connectivity index (χ0) is 28.3. The van der Waals surface area contributed by atoms with E-state index >= 15 is 4.39 Å². The number of rotatable bonds is 7. The summed E-state index contributed by atoms with van der Waals surface area (Å²) in [6, 6.07) is 25.5. The van der Waals surface area contributed by atoms with Gasteiger partial charge in [-0.1, -0.05) is 54.6 Å². The summed E-state index contributed by atoms with van der Waals surface area (Å²) < 4.78 is 36.2. The molecule has 0 bridgehead atoms. The van der Waals surface area contributed by atoms with Crippen LogP contribution in [-0.2, 0) is 16.1 Å². The third-order valence-corrected chi connectivity index (χ3v) is 7.96. The number of hydrogen-bond acceptors (Lipinski definition) is 5. The van der Waals surface area contributed by atoms with Gasteiger partial charge in [-0.3, -0.25) is 14.5 Å². The lowest BCUT2D eigenvalue weighted by Crippen LogP contribution is -2.42. The van der Waals surface area contributed by atoms with Gasteiger partial charge in [-0.05, 0) is 30.3 Å².